The SMILES string of the molecule is CCCCCCCCCNC(=O)c1ccc(C(N)=O)cc1. The molecule has 4 nitrogen and oxygen atoms in total. The Kier molecular flexibility index (Phi) is 8.17. The Morgan fingerprint density at radius 1 is 0.905 bits per heavy atom. The lowest BCUT2D eigenvalue weighted by Crippen LogP contribution is -2.24. The highest BCUT2D eigenvalue weighted by Crippen LogP contribution is 2.07. The van der Waals surface area contributed by atoms with Crippen molar-refractivity contribution in [1.82, 2.24) is 5.32 Å². The number of nitrogens with two attached hydrogens (primary N) is 1. The van der Waals surface area contributed by atoms with E-state index in [1.165, 1.54) is 32.1 Å². The second-order valence-electron chi connectivity index (χ2n) is 5.32. The number of benzene rings is 1. The second kappa shape index (κ2) is 9.97. The fraction of sp³-hybridized carbons (Fsp3) is 0.529. The van der Waals surface area contributed by atoms with Gasteiger partial charge in [0.05, 0.1) is 0 Å². The van der Waals surface area contributed by atoms with E-state index in [1.54, 1.807) is 24.3 Å². The van der Waals surface area contributed by atoms with Crippen LogP contribution in [0.5, 0.6) is 0 Å². The largest absolute Gasteiger partial charge is 0.366 e. The van der Waals surface area contributed by atoms with Crippen molar-refractivity contribution in [3.05, 3.63) is 35.4 Å². The summed E-state index contributed by atoms with van der Waals surface area (Å²) in [6, 6.07) is 6.40. The first-order chi connectivity index (χ1) is 10.1. The number of nitrogens with one attached hydrogen (secondary N) is 1. The summed E-state index contributed by atoms with van der Waals surface area (Å²) in [5, 5.41) is 2.89. The molecule has 1 rings (SSSR count). The Morgan fingerprint density at radius 2 is 1.43 bits per heavy atom. The number of carbonyl (C=O) groups is 2. The molecular formula is C17H26N2O2. The van der Waals surface area contributed by atoms with E-state index in [2.05, 4.69) is 12.2 Å². The number of unbranched alkanes of at least 4 members (excludes halogenated alkanes) is 6. The summed E-state index contributed by atoms with van der Waals surface area (Å²) in [5.41, 5.74) is 6.13. The molecule has 0 saturated carbocycles. The molecule has 1 aromatic rings. The van der Waals surface area contributed by atoms with Gasteiger partial charge in [0.15, 0.2) is 0 Å². The van der Waals surface area contributed by atoms with E-state index >= 15 is 0 Å². The molecule has 21 heavy (non-hydrogen) atoms. The molecule has 0 bridgehead atoms. The summed E-state index contributed by atoms with van der Waals surface area (Å²) >= 11 is 0. The molecule has 3 N–H and O–H groups in total. The van der Waals surface area contributed by atoms with Crippen LogP contribution in [0.2, 0.25) is 0 Å². The monoisotopic (exact) mass is 290 g/mol. The maximum absolute atomic E-state index is 11.9. The van der Waals surface area contributed by atoms with Gasteiger partial charge in [-0.25, -0.2) is 0 Å². The highest BCUT2D eigenvalue weighted by atomic mass is 16.2. The van der Waals surface area contributed by atoms with Crippen molar-refractivity contribution in [2.45, 2.75) is 51.9 Å². The molecule has 0 aliphatic carbocycles. The van der Waals surface area contributed by atoms with Gasteiger partial charge in [0, 0.05) is 17.7 Å². The average molecular weight is 290 g/mol. The van der Waals surface area contributed by atoms with E-state index in [1.807, 2.05) is 0 Å². The van der Waals surface area contributed by atoms with Crippen molar-refractivity contribution in [3.63, 3.8) is 0 Å². The fourth-order valence-electron chi connectivity index (χ4n) is 2.17. The molecule has 0 spiro atoms. The molecular weight excluding hydrogens is 264 g/mol. The van der Waals surface area contributed by atoms with E-state index in [4.69, 9.17) is 5.73 Å². The average Bonchev–Trinajstić information content (AvgIpc) is 2.49. The Hall–Kier alpha value is -1.84. The third-order valence-electron chi connectivity index (χ3n) is 3.50. The molecule has 116 valence electrons. The van der Waals surface area contributed by atoms with Gasteiger partial charge >= 0.3 is 0 Å². The molecule has 2 amide bonds. The van der Waals surface area contributed by atoms with Gasteiger partial charge in [0.2, 0.25) is 5.91 Å². The zero-order chi connectivity index (χ0) is 15.5. The Balaban J connectivity index is 2.17. The van der Waals surface area contributed by atoms with Gasteiger partial charge in [-0.05, 0) is 30.7 Å². The predicted molar refractivity (Wildman–Crippen MR) is 85.3 cm³/mol. The van der Waals surface area contributed by atoms with E-state index in [0.29, 0.717) is 17.7 Å². The normalized spacial score (nSPS) is 10.3. The smallest absolute Gasteiger partial charge is 0.251 e. The maximum atomic E-state index is 11.9. The standard InChI is InChI=1S/C17H26N2O2/c1-2-3-4-5-6-7-8-13-19-17(21)15-11-9-14(10-12-15)16(18)20/h9-12H,2-8,13H2,1H3,(H2,18,20)(H,19,21). The first-order valence-corrected chi connectivity index (χ1v) is 7.83. The summed E-state index contributed by atoms with van der Waals surface area (Å²) in [7, 11) is 0. The quantitative estimate of drug-likeness (QED) is 0.649. The van der Waals surface area contributed by atoms with Crippen LogP contribution in [0, 0.1) is 0 Å². The van der Waals surface area contributed by atoms with Crippen molar-refractivity contribution in [3.8, 4) is 0 Å². The van der Waals surface area contributed by atoms with Crippen molar-refractivity contribution in [2.75, 3.05) is 6.54 Å². The van der Waals surface area contributed by atoms with Gasteiger partial charge in [-0.3, -0.25) is 9.59 Å². The molecule has 0 aromatic heterocycles. The van der Waals surface area contributed by atoms with E-state index < -0.39 is 5.91 Å². The van der Waals surface area contributed by atoms with E-state index in [9.17, 15) is 9.59 Å². The van der Waals surface area contributed by atoms with Gasteiger partial charge in [-0.2, -0.15) is 0 Å². The number of primary amides is 1. The van der Waals surface area contributed by atoms with Crippen molar-refractivity contribution in [2.24, 2.45) is 5.73 Å². The predicted octanol–water partition coefficient (Wildman–Crippen LogP) is 3.27. The highest BCUT2D eigenvalue weighted by molar-refractivity contribution is 5.97. The summed E-state index contributed by atoms with van der Waals surface area (Å²) in [5.74, 6) is -0.581. The van der Waals surface area contributed by atoms with Crippen LogP contribution < -0.4 is 11.1 Å². The lowest BCUT2D eigenvalue weighted by Gasteiger charge is -2.06. The zero-order valence-electron chi connectivity index (χ0n) is 12.9. The third-order valence-corrected chi connectivity index (χ3v) is 3.50. The van der Waals surface area contributed by atoms with Crippen molar-refractivity contribution < 1.29 is 9.59 Å². The second-order valence-corrected chi connectivity index (χ2v) is 5.32. The van der Waals surface area contributed by atoms with Gasteiger partial charge in [0.1, 0.15) is 0 Å². The maximum Gasteiger partial charge on any atom is 0.251 e. The van der Waals surface area contributed by atoms with Crippen LogP contribution in [0.15, 0.2) is 24.3 Å². The molecule has 4 heteroatoms. The van der Waals surface area contributed by atoms with Crippen LogP contribution in [-0.2, 0) is 0 Å². The van der Waals surface area contributed by atoms with Crippen LogP contribution in [0.3, 0.4) is 0 Å². The summed E-state index contributed by atoms with van der Waals surface area (Å²) in [6.07, 6.45) is 8.60. The third kappa shape index (κ3) is 6.93. The number of rotatable bonds is 10. The lowest BCUT2D eigenvalue weighted by molar-refractivity contribution is 0.0950. The van der Waals surface area contributed by atoms with Crippen LogP contribution in [-0.4, -0.2) is 18.4 Å². The Bertz CT molecular complexity index is 441. The number of carbonyl (C=O) groups excluding carboxylic acids is 2. The number of amides is 2. The minimum atomic E-state index is -0.481. The number of hydrogen-bond acceptors (Lipinski definition) is 2. The van der Waals surface area contributed by atoms with Gasteiger partial charge in [0.25, 0.3) is 5.91 Å². The lowest BCUT2D eigenvalue weighted by atomic mass is 10.1. The van der Waals surface area contributed by atoms with Crippen LogP contribution in [0.25, 0.3) is 0 Å². The number of hydrogen-bond donors (Lipinski definition) is 2. The first kappa shape index (κ1) is 17.2. The Labute approximate surface area is 127 Å². The summed E-state index contributed by atoms with van der Waals surface area (Å²) in [4.78, 5) is 22.8. The fourth-order valence-corrected chi connectivity index (χ4v) is 2.17. The molecule has 0 aliphatic heterocycles. The first-order valence-electron chi connectivity index (χ1n) is 7.83. The van der Waals surface area contributed by atoms with E-state index in [-0.39, 0.29) is 5.91 Å². The highest BCUT2D eigenvalue weighted by Gasteiger charge is 2.06. The summed E-state index contributed by atoms with van der Waals surface area (Å²) < 4.78 is 0. The van der Waals surface area contributed by atoms with Crippen LogP contribution >= 0.6 is 0 Å². The molecule has 0 aliphatic rings. The Morgan fingerprint density at radius 3 is 2.00 bits per heavy atom. The zero-order valence-corrected chi connectivity index (χ0v) is 12.9. The van der Waals surface area contributed by atoms with Crippen LogP contribution in [0.4, 0.5) is 0 Å². The summed E-state index contributed by atoms with van der Waals surface area (Å²) in [6.45, 7) is 2.91. The van der Waals surface area contributed by atoms with Gasteiger partial charge in [-0.15, -0.1) is 0 Å². The van der Waals surface area contributed by atoms with Crippen molar-refractivity contribution >= 4 is 11.8 Å². The molecule has 0 saturated heterocycles. The van der Waals surface area contributed by atoms with Gasteiger partial charge < -0.3 is 11.1 Å². The van der Waals surface area contributed by atoms with Crippen molar-refractivity contribution in [1.29, 1.82) is 0 Å². The molecule has 0 fully saturated rings. The van der Waals surface area contributed by atoms with Crippen LogP contribution in [0.1, 0.15) is 72.6 Å². The molecule has 0 radical (unpaired) electrons. The topological polar surface area (TPSA) is 72.2 Å². The minimum Gasteiger partial charge on any atom is -0.366 e. The molecule has 0 atom stereocenters. The van der Waals surface area contributed by atoms with Gasteiger partial charge in [-0.1, -0.05) is 45.4 Å². The molecule has 1 aromatic carbocycles. The van der Waals surface area contributed by atoms with E-state index in [0.717, 1.165) is 12.8 Å². The molecule has 0 unspecified atom stereocenters. The molecule has 0 heterocycles. The minimum absolute atomic E-state index is 0.1000.